The summed E-state index contributed by atoms with van der Waals surface area (Å²) in [7, 11) is 0. The zero-order valence-electron chi connectivity index (χ0n) is 14.6. The summed E-state index contributed by atoms with van der Waals surface area (Å²) in [6, 6.07) is 7.14. The number of ether oxygens (including phenoxy) is 1. The van der Waals surface area contributed by atoms with Crippen LogP contribution >= 0.6 is 22.9 Å². The van der Waals surface area contributed by atoms with Crippen LogP contribution in [0.2, 0.25) is 5.02 Å². The zero-order chi connectivity index (χ0) is 19.8. The largest absolute Gasteiger partial charge is 0.461 e. The van der Waals surface area contributed by atoms with Gasteiger partial charge in [0.25, 0.3) is 5.91 Å². The number of halogens is 1. The molecule has 0 unspecified atom stereocenters. The Kier molecular flexibility index (Phi) is 4.78. The first kappa shape index (κ1) is 18.5. The Labute approximate surface area is 168 Å². The fourth-order valence-electron chi connectivity index (χ4n) is 3.07. The second-order valence-corrected chi connectivity index (χ2v) is 7.80. The molecule has 4 rings (SSSR count). The van der Waals surface area contributed by atoms with Gasteiger partial charge in [0.1, 0.15) is 16.3 Å². The van der Waals surface area contributed by atoms with Crippen molar-refractivity contribution in [1.82, 2.24) is 15.3 Å². The molecule has 1 saturated heterocycles. The van der Waals surface area contributed by atoms with Crippen LogP contribution in [0.5, 0.6) is 6.01 Å². The number of nitrogens with zero attached hydrogens (tertiary/aromatic N) is 2. The first-order valence-electron chi connectivity index (χ1n) is 8.50. The smallest absolute Gasteiger partial charge is 0.318 e. The molecule has 3 heterocycles. The fourth-order valence-corrected chi connectivity index (χ4v) is 4.20. The third kappa shape index (κ3) is 3.46. The lowest BCUT2D eigenvalue weighted by Crippen LogP contribution is -2.31. The Bertz CT molecular complexity index is 1100. The van der Waals surface area contributed by atoms with Crippen LogP contribution in [0.4, 0.5) is 5.69 Å². The van der Waals surface area contributed by atoms with Gasteiger partial charge >= 0.3 is 6.01 Å². The molecular weight excluding hydrogens is 402 g/mol. The summed E-state index contributed by atoms with van der Waals surface area (Å²) in [4.78, 5) is 32.6. The van der Waals surface area contributed by atoms with E-state index < -0.39 is 5.91 Å². The van der Waals surface area contributed by atoms with E-state index in [9.17, 15) is 9.59 Å². The normalized spacial score (nSPS) is 16.3. The average molecular weight is 418 g/mol. The molecule has 1 atom stereocenters. The van der Waals surface area contributed by atoms with Crippen LogP contribution in [0.1, 0.15) is 22.5 Å². The number of benzene rings is 1. The third-order valence-corrected chi connectivity index (χ3v) is 5.74. The molecule has 0 saturated carbocycles. The Morgan fingerprint density at radius 2 is 2.21 bits per heavy atom. The molecule has 1 aliphatic rings. The summed E-state index contributed by atoms with van der Waals surface area (Å²) in [5, 5.41) is 3.89. The van der Waals surface area contributed by atoms with E-state index in [-0.39, 0.29) is 35.1 Å². The highest BCUT2D eigenvalue weighted by Gasteiger charge is 2.24. The number of carbonyl (C=O) groups is 2. The van der Waals surface area contributed by atoms with E-state index in [0.717, 1.165) is 11.3 Å². The number of thiophene rings is 1. The number of hydrogen-bond donors (Lipinski definition) is 3. The molecule has 2 amide bonds. The molecule has 1 aromatic carbocycles. The van der Waals surface area contributed by atoms with Gasteiger partial charge < -0.3 is 21.5 Å². The van der Waals surface area contributed by atoms with Crippen molar-refractivity contribution >= 4 is 50.7 Å². The number of rotatable bonds is 5. The van der Waals surface area contributed by atoms with Crippen LogP contribution in [0, 0.1) is 0 Å². The van der Waals surface area contributed by atoms with Crippen LogP contribution < -0.4 is 21.5 Å². The van der Waals surface area contributed by atoms with E-state index in [1.165, 1.54) is 0 Å². The highest BCUT2D eigenvalue weighted by atomic mass is 35.5. The number of primary amides is 1. The highest BCUT2D eigenvalue weighted by Crippen LogP contribution is 2.39. The van der Waals surface area contributed by atoms with Crippen LogP contribution in [0.15, 0.2) is 24.3 Å². The van der Waals surface area contributed by atoms with Crippen molar-refractivity contribution in [1.29, 1.82) is 0 Å². The summed E-state index contributed by atoms with van der Waals surface area (Å²) >= 11 is 7.21. The minimum atomic E-state index is -0.631. The monoisotopic (exact) mass is 417 g/mol. The lowest BCUT2D eigenvalue weighted by atomic mass is 10.1. The number of hydrogen-bond acceptors (Lipinski definition) is 7. The van der Waals surface area contributed by atoms with Crippen molar-refractivity contribution in [2.24, 2.45) is 5.73 Å². The number of anilines is 1. The summed E-state index contributed by atoms with van der Waals surface area (Å²) in [6.07, 6.45) is 1.17. The third-order valence-electron chi connectivity index (χ3n) is 4.39. The van der Waals surface area contributed by atoms with E-state index in [1.54, 1.807) is 18.2 Å². The molecule has 144 valence electrons. The number of fused-ring (bicyclic) bond motifs is 1. The lowest BCUT2D eigenvalue weighted by Gasteiger charge is -2.12. The molecule has 8 nitrogen and oxygen atoms in total. The van der Waals surface area contributed by atoms with E-state index in [1.807, 2.05) is 6.07 Å². The number of carbonyl (C=O) groups excluding carboxylic acids is 2. The molecule has 1 aliphatic heterocycles. The van der Waals surface area contributed by atoms with Gasteiger partial charge in [-0.1, -0.05) is 23.7 Å². The van der Waals surface area contributed by atoms with Crippen molar-refractivity contribution in [2.75, 3.05) is 12.3 Å². The van der Waals surface area contributed by atoms with Crippen LogP contribution in [0.3, 0.4) is 0 Å². The predicted octanol–water partition coefficient (Wildman–Crippen LogP) is 2.35. The quantitative estimate of drug-likeness (QED) is 0.583. The van der Waals surface area contributed by atoms with Gasteiger partial charge in [-0.25, -0.2) is 0 Å². The standard InChI is InChI=1S/C18H16ClN5O3S/c19-9-3-1-2-8(6-9)14-12-13(20)15(16(21)26)28-17(12)24-18(23-14)27-7-10-4-5-11(25)22-10/h1-3,6,10H,4-5,7,20H2,(H2,21,26)(H,22,25)/t10-/m0/s1. The number of nitrogens with two attached hydrogens (primary N) is 2. The van der Waals surface area contributed by atoms with Crippen molar-refractivity contribution in [3.05, 3.63) is 34.2 Å². The number of amides is 2. The van der Waals surface area contributed by atoms with Crippen molar-refractivity contribution in [3.63, 3.8) is 0 Å². The topological polar surface area (TPSA) is 133 Å². The van der Waals surface area contributed by atoms with Crippen LogP contribution in [-0.4, -0.2) is 34.4 Å². The van der Waals surface area contributed by atoms with Gasteiger partial charge in [0.05, 0.1) is 22.8 Å². The first-order chi connectivity index (χ1) is 13.4. The van der Waals surface area contributed by atoms with Gasteiger partial charge in [-0.3, -0.25) is 9.59 Å². The summed E-state index contributed by atoms with van der Waals surface area (Å²) < 4.78 is 5.73. The Morgan fingerprint density at radius 3 is 2.89 bits per heavy atom. The molecule has 1 fully saturated rings. The number of aromatic nitrogens is 2. The van der Waals surface area contributed by atoms with Crippen molar-refractivity contribution < 1.29 is 14.3 Å². The maximum atomic E-state index is 11.7. The Balaban J connectivity index is 1.79. The lowest BCUT2D eigenvalue weighted by molar-refractivity contribution is -0.119. The van der Waals surface area contributed by atoms with Gasteiger partial charge in [-0.15, -0.1) is 11.3 Å². The maximum absolute atomic E-state index is 11.7. The molecule has 0 bridgehead atoms. The zero-order valence-corrected chi connectivity index (χ0v) is 16.1. The highest BCUT2D eigenvalue weighted by molar-refractivity contribution is 7.21. The molecule has 0 spiro atoms. The van der Waals surface area contributed by atoms with Gasteiger partial charge in [-0.2, -0.15) is 9.97 Å². The second kappa shape index (κ2) is 7.25. The molecule has 0 radical (unpaired) electrons. The molecular formula is C18H16ClN5O3S. The van der Waals surface area contributed by atoms with Crippen LogP contribution in [0.25, 0.3) is 21.5 Å². The van der Waals surface area contributed by atoms with Crippen LogP contribution in [-0.2, 0) is 4.79 Å². The number of nitrogen functional groups attached to an aromatic ring is 1. The summed E-state index contributed by atoms with van der Waals surface area (Å²) in [5.74, 6) is -0.629. The van der Waals surface area contributed by atoms with E-state index in [4.69, 9.17) is 27.8 Å². The minimum Gasteiger partial charge on any atom is -0.461 e. The molecule has 0 aliphatic carbocycles. The van der Waals surface area contributed by atoms with Gasteiger partial charge in [-0.05, 0) is 18.6 Å². The SMILES string of the molecule is NC(=O)c1sc2nc(OC[C@@H]3CCC(=O)N3)nc(-c3cccc(Cl)c3)c2c1N. The van der Waals surface area contributed by atoms with Gasteiger partial charge in [0.15, 0.2) is 0 Å². The summed E-state index contributed by atoms with van der Waals surface area (Å²) in [5.41, 5.74) is 13.0. The summed E-state index contributed by atoms with van der Waals surface area (Å²) in [6.45, 7) is 0.246. The predicted molar refractivity (Wildman–Crippen MR) is 107 cm³/mol. The molecule has 3 aromatic rings. The fraction of sp³-hybridized carbons (Fsp3) is 0.222. The Hall–Kier alpha value is -2.91. The molecule has 2 aromatic heterocycles. The molecule has 10 heteroatoms. The van der Waals surface area contributed by atoms with E-state index in [2.05, 4.69) is 15.3 Å². The maximum Gasteiger partial charge on any atom is 0.318 e. The minimum absolute atomic E-state index is 0.00159. The molecule has 5 N–H and O–H groups in total. The van der Waals surface area contributed by atoms with Gasteiger partial charge in [0.2, 0.25) is 5.91 Å². The van der Waals surface area contributed by atoms with Gasteiger partial charge in [0, 0.05) is 17.0 Å². The number of nitrogens with one attached hydrogen (secondary N) is 1. The van der Waals surface area contributed by atoms with Crippen molar-refractivity contribution in [2.45, 2.75) is 18.9 Å². The molecule has 28 heavy (non-hydrogen) atoms. The van der Waals surface area contributed by atoms with E-state index in [0.29, 0.717) is 39.3 Å². The average Bonchev–Trinajstić information content (AvgIpc) is 3.22. The van der Waals surface area contributed by atoms with Crippen molar-refractivity contribution in [3.8, 4) is 17.3 Å². The first-order valence-corrected chi connectivity index (χ1v) is 9.69. The Morgan fingerprint density at radius 1 is 1.39 bits per heavy atom. The van der Waals surface area contributed by atoms with E-state index >= 15 is 0 Å². The second-order valence-electron chi connectivity index (χ2n) is 6.37.